The van der Waals surface area contributed by atoms with Crippen LogP contribution in [0.5, 0.6) is 0 Å². The van der Waals surface area contributed by atoms with Gasteiger partial charge in [-0.2, -0.15) is 0 Å². The van der Waals surface area contributed by atoms with Gasteiger partial charge in [-0.05, 0) is 17.0 Å². The molecule has 0 heterocycles. The lowest BCUT2D eigenvalue weighted by Gasteiger charge is -2.13. The largest absolute Gasteiger partial charge is 0.355 e. The lowest BCUT2D eigenvalue weighted by molar-refractivity contribution is -0.118. The van der Waals surface area contributed by atoms with Crippen molar-refractivity contribution < 1.29 is 4.79 Å². The molecule has 1 N–H and O–H groups in total. The standard InChI is InChI=1S/C18H21NOS/c1-15(17-10-6-3-7-11-17)12-19-18(20)14-21-13-16-8-4-2-5-9-16/h2-11,15H,12-14H2,1H3,(H,19,20)/t15-/m1/s1. The number of rotatable bonds is 7. The third kappa shape index (κ3) is 5.64. The molecule has 3 heteroatoms. The number of hydrogen-bond acceptors (Lipinski definition) is 2. The van der Waals surface area contributed by atoms with Crippen LogP contribution in [0.3, 0.4) is 0 Å². The van der Waals surface area contributed by atoms with Gasteiger partial charge < -0.3 is 5.32 Å². The first kappa shape index (κ1) is 15.6. The van der Waals surface area contributed by atoms with Crippen LogP contribution in [0, 0.1) is 0 Å². The highest BCUT2D eigenvalue weighted by molar-refractivity contribution is 7.99. The van der Waals surface area contributed by atoms with Crippen LogP contribution in [0.4, 0.5) is 0 Å². The van der Waals surface area contributed by atoms with E-state index in [1.807, 2.05) is 36.4 Å². The Morgan fingerprint density at radius 2 is 1.67 bits per heavy atom. The minimum atomic E-state index is 0.110. The fourth-order valence-corrected chi connectivity index (χ4v) is 2.87. The van der Waals surface area contributed by atoms with Gasteiger partial charge in [-0.3, -0.25) is 4.79 Å². The number of carbonyl (C=O) groups excluding carboxylic acids is 1. The summed E-state index contributed by atoms with van der Waals surface area (Å²) in [6, 6.07) is 20.5. The Morgan fingerprint density at radius 3 is 2.33 bits per heavy atom. The molecule has 0 spiro atoms. The molecule has 0 aliphatic heterocycles. The number of nitrogens with one attached hydrogen (secondary N) is 1. The molecule has 0 aliphatic rings. The van der Waals surface area contributed by atoms with E-state index in [1.165, 1.54) is 11.1 Å². The minimum absolute atomic E-state index is 0.110. The third-order valence-electron chi connectivity index (χ3n) is 3.32. The minimum Gasteiger partial charge on any atom is -0.355 e. The quantitative estimate of drug-likeness (QED) is 0.841. The molecule has 0 saturated heterocycles. The number of carbonyl (C=O) groups is 1. The van der Waals surface area contributed by atoms with Crippen molar-refractivity contribution in [1.29, 1.82) is 0 Å². The summed E-state index contributed by atoms with van der Waals surface area (Å²) in [5.41, 5.74) is 2.52. The average molecular weight is 299 g/mol. The van der Waals surface area contributed by atoms with E-state index in [1.54, 1.807) is 11.8 Å². The van der Waals surface area contributed by atoms with Crippen LogP contribution in [0.2, 0.25) is 0 Å². The summed E-state index contributed by atoms with van der Waals surface area (Å²) in [6.45, 7) is 2.82. The van der Waals surface area contributed by atoms with Crippen LogP contribution >= 0.6 is 11.8 Å². The Hall–Kier alpha value is -1.74. The lowest BCUT2D eigenvalue weighted by Crippen LogP contribution is -2.29. The molecular formula is C18H21NOS. The summed E-state index contributed by atoms with van der Waals surface area (Å²) in [7, 11) is 0. The monoisotopic (exact) mass is 299 g/mol. The first-order chi connectivity index (χ1) is 10.3. The average Bonchev–Trinajstić information content (AvgIpc) is 2.54. The van der Waals surface area contributed by atoms with Crippen molar-refractivity contribution in [2.24, 2.45) is 0 Å². The molecule has 0 unspecified atom stereocenters. The predicted molar refractivity (Wildman–Crippen MR) is 90.5 cm³/mol. The first-order valence-corrected chi connectivity index (χ1v) is 8.34. The molecule has 2 rings (SSSR count). The van der Waals surface area contributed by atoms with E-state index in [0.717, 1.165) is 5.75 Å². The van der Waals surface area contributed by atoms with Crippen molar-refractivity contribution in [2.75, 3.05) is 12.3 Å². The Balaban J connectivity index is 1.66. The molecule has 2 aromatic carbocycles. The summed E-state index contributed by atoms with van der Waals surface area (Å²) in [5.74, 6) is 1.84. The molecule has 110 valence electrons. The molecule has 0 radical (unpaired) electrons. The molecule has 2 nitrogen and oxygen atoms in total. The topological polar surface area (TPSA) is 29.1 Å². The molecule has 21 heavy (non-hydrogen) atoms. The zero-order chi connectivity index (χ0) is 14.9. The van der Waals surface area contributed by atoms with Gasteiger partial charge in [-0.25, -0.2) is 0 Å². The van der Waals surface area contributed by atoms with Gasteiger partial charge in [-0.15, -0.1) is 11.8 Å². The van der Waals surface area contributed by atoms with Crippen LogP contribution in [-0.4, -0.2) is 18.2 Å². The second-order valence-electron chi connectivity index (χ2n) is 5.09. The smallest absolute Gasteiger partial charge is 0.230 e. The van der Waals surface area contributed by atoms with Gasteiger partial charge in [-0.1, -0.05) is 67.6 Å². The van der Waals surface area contributed by atoms with E-state index >= 15 is 0 Å². The molecule has 0 saturated carbocycles. The van der Waals surface area contributed by atoms with Gasteiger partial charge in [0.1, 0.15) is 0 Å². The molecule has 0 fully saturated rings. The zero-order valence-electron chi connectivity index (χ0n) is 12.3. The SMILES string of the molecule is C[C@H](CNC(=O)CSCc1ccccc1)c1ccccc1. The summed E-state index contributed by atoms with van der Waals surface area (Å²) in [6.07, 6.45) is 0. The van der Waals surface area contributed by atoms with E-state index < -0.39 is 0 Å². The Labute approximate surface area is 131 Å². The van der Waals surface area contributed by atoms with Crippen LogP contribution < -0.4 is 5.32 Å². The highest BCUT2D eigenvalue weighted by Gasteiger charge is 2.07. The second-order valence-corrected chi connectivity index (χ2v) is 6.08. The molecule has 2 aromatic rings. The van der Waals surface area contributed by atoms with Crippen molar-refractivity contribution in [3.05, 3.63) is 71.8 Å². The number of thioether (sulfide) groups is 1. The summed E-state index contributed by atoms with van der Waals surface area (Å²) >= 11 is 1.65. The van der Waals surface area contributed by atoms with Gasteiger partial charge in [0.2, 0.25) is 5.91 Å². The molecule has 1 amide bonds. The fraction of sp³-hybridized carbons (Fsp3) is 0.278. The van der Waals surface area contributed by atoms with Gasteiger partial charge in [0.15, 0.2) is 0 Å². The van der Waals surface area contributed by atoms with Crippen molar-refractivity contribution in [3.63, 3.8) is 0 Å². The van der Waals surface area contributed by atoms with Crippen molar-refractivity contribution in [2.45, 2.75) is 18.6 Å². The number of benzene rings is 2. The predicted octanol–water partition coefficient (Wildman–Crippen LogP) is 3.84. The van der Waals surface area contributed by atoms with E-state index in [2.05, 4.69) is 36.5 Å². The maximum absolute atomic E-state index is 11.8. The second kappa shape index (κ2) is 8.53. The van der Waals surface area contributed by atoms with Crippen LogP contribution in [0.25, 0.3) is 0 Å². The highest BCUT2D eigenvalue weighted by Crippen LogP contribution is 2.14. The van der Waals surface area contributed by atoms with Gasteiger partial charge in [0.05, 0.1) is 5.75 Å². The van der Waals surface area contributed by atoms with Crippen molar-refractivity contribution in [3.8, 4) is 0 Å². The third-order valence-corrected chi connectivity index (χ3v) is 4.32. The zero-order valence-corrected chi connectivity index (χ0v) is 13.1. The van der Waals surface area contributed by atoms with Crippen molar-refractivity contribution in [1.82, 2.24) is 5.32 Å². The maximum atomic E-state index is 11.8. The maximum Gasteiger partial charge on any atom is 0.230 e. The first-order valence-electron chi connectivity index (χ1n) is 7.19. The van der Waals surface area contributed by atoms with E-state index in [0.29, 0.717) is 18.2 Å². The van der Waals surface area contributed by atoms with Crippen molar-refractivity contribution >= 4 is 17.7 Å². The number of hydrogen-bond donors (Lipinski definition) is 1. The number of amides is 1. The molecular weight excluding hydrogens is 278 g/mol. The Kier molecular flexibility index (Phi) is 6.35. The van der Waals surface area contributed by atoms with Crippen LogP contribution in [0.1, 0.15) is 24.0 Å². The van der Waals surface area contributed by atoms with Crippen LogP contribution in [0.15, 0.2) is 60.7 Å². The molecule has 1 atom stereocenters. The Morgan fingerprint density at radius 1 is 1.05 bits per heavy atom. The van der Waals surface area contributed by atoms with E-state index in [9.17, 15) is 4.79 Å². The fourth-order valence-electron chi connectivity index (χ4n) is 2.05. The summed E-state index contributed by atoms with van der Waals surface area (Å²) in [4.78, 5) is 11.8. The molecule has 0 aliphatic carbocycles. The Bertz CT molecular complexity index is 542. The van der Waals surface area contributed by atoms with Gasteiger partial charge in [0.25, 0.3) is 0 Å². The lowest BCUT2D eigenvalue weighted by atomic mass is 10.0. The van der Waals surface area contributed by atoms with Crippen LogP contribution in [-0.2, 0) is 10.5 Å². The summed E-state index contributed by atoms with van der Waals surface area (Å²) < 4.78 is 0. The van der Waals surface area contributed by atoms with Gasteiger partial charge >= 0.3 is 0 Å². The molecule has 0 bridgehead atoms. The van der Waals surface area contributed by atoms with E-state index in [4.69, 9.17) is 0 Å². The molecule has 0 aromatic heterocycles. The normalized spacial score (nSPS) is 11.9. The van der Waals surface area contributed by atoms with Gasteiger partial charge in [0, 0.05) is 12.3 Å². The summed E-state index contributed by atoms with van der Waals surface area (Å²) in [5, 5.41) is 3.01. The van der Waals surface area contributed by atoms with E-state index in [-0.39, 0.29) is 5.91 Å². The highest BCUT2D eigenvalue weighted by atomic mass is 32.2.